The van der Waals surface area contributed by atoms with Gasteiger partial charge in [0.25, 0.3) is 0 Å². The number of rotatable bonds is 4. The van der Waals surface area contributed by atoms with E-state index in [-0.39, 0.29) is 11.8 Å². The van der Waals surface area contributed by atoms with E-state index in [9.17, 15) is 9.59 Å². The Morgan fingerprint density at radius 3 is 1.58 bits per heavy atom. The van der Waals surface area contributed by atoms with Crippen molar-refractivity contribution < 1.29 is 9.59 Å². The van der Waals surface area contributed by atoms with Gasteiger partial charge in [-0.15, -0.1) is 0 Å². The van der Waals surface area contributed by atoms with Crippen LogP contribution in [0.25, 0.3) is 0 Å². The average Bonchev–Trinajstić information content (AvgIpc) is 3.45. The van der Waals surface area contributed by atoms with Crippen LogP contribution < -0.4 is 4.90 Å². The van der Waals surface area contributed by atoms with E-state index < -0.39 is 16.7 Å². The normalized spacial score (nSPS) is 22.8. The van der Waals surface area contributed by atoms with Crippen molar-refractivity contribution in [1.29, 1.82) is 0 Å². The van der Waals surface area contributed by atoms with Crippen molar-refractivity contribution in [2.45, 2.75) is 10.8 Å². The molecule has 4 aromatic carbocycles. The largest absolute Gasteiger partial charge is 0.274 e. The summed E-state index contributed by atoms with van der Waals surface area (Å²) in [4.78, 5) is 29.8. The van der Waals surface area contributed by atoms with E-state index in [0.717, 1.165) is 16.7 Å². The first-order valence-corrected chi connectivity index (χ1v) is 11.3. The van der Waals surface area contributed by atoms with Crippen LogP contribution >= 0.6 is 11.6 Å². The van der Waals surface area contributed by atoms with Crippen LogP contribution in [0.4, 0.5) is 5.69 Å². The van der Waals surface area contributed by atoms with E-state index in [1.807, 2.05) is 91.0 Å². The molecule has 2 atom stereocenters. The lowest BCUT2D eigenvalue weighted by molar-refractivity contribution is -0.124. The minimum absolute atomic E-state index is 0.196. The Balaban J connectivity index is 1.65. The zero-order valence-electron chi connectivity index (χ0n) is 17.7. The fourth-order valence-corrected chi connectivity index (χ4v) is 6.16. The summed E-state index contributed by atoms with van der Waals surface area (Å²) in [6.07, 6.45) is 0. The number of fused-ring (bicyclic) bond motifs is 1. The molecule has 4 heteroatoms. The summed E-state index contributed by atoms with van der Waals surface area (Å²) >= 11 is 6.22. The highest BCUT2D eigenvalue weighted by atomic mass is 35.5. The van der Waals surface area contributed by atoms with Crippen LogP contribution in [0.1, 0.15) is 16.7 Å². The summed E-state index contributed by atoms with van der Waals surface area (Å²) in [5.74, 6) is -0.957. The number of benzene rings is 4. The number of nitrogens with zero attached hydrogens (tertiary/aromatic N) is 1. The van der Waals surface area contributed by atoms with Gasteiger partial charge in [0.2, 0.25) is 11.8 Å². The molecule has 3 nitrogen and oxygen atoms in total. The second-order valence-corrected chi connectivity index (χ2v) is 9.04. The Morgan fingerprint density at radius 1 is 0.606 bits per heavy atom. The van der Waals surface area contributed by atoms with Gasteiger partial charge in [-0.1, -0.05) is 109 Å². The van der Waals surface area contributed by atoms with Gasteiger partial charge in [0.15, 0.2) is 0 Å². The summed E-state index contributed by atoms with van der Waals surface area (Å²) < 4.78 is 0. The lowest BCUT2D eigenvalue weighted by atomic mass is 9.76. The number of anilines is 1. The van der Waals surface area contributed by atoms with Crippen molar-refractivity contribution in [3.8, 4) is 0 Å². The number of carbonyl (C=O) groups excluding carboxylic acids is 2. The Labute approximate surface area is 197 Å². The summed E-state index contributed by atoms with van der Waals surface area (Å²) in [6, 6.07) is 36.6. The molecule has 0 N–H and O–H groups in total. The summed E-state index contributed by atoms with van der Waals surface area (Å²) in [5.41, 5.74) is 1.49. The third-order valence-electron chi connectivity index (χ3n) is 7.17. The van der Waals surface area contributed by atoms with Gasteiger partial charge in [-0.05, 0) is 34.9 Å². The van der Waals surface area contributed by atoms with Crippen LogP contribution in [0, 0.1) is 5.92 Å². The highest BCUT2D eigenvalue weighted by Gasteiger charge is 2.89. The first-order valence-electron chi connectivity index (χ1n) is 10.9. The van der Waals surface area contributed by atoms with Crippen LogP contribution in [-0.4, -0.2) is 11.8 Å². The van der Waals surface area contributed by atoms with Crippen molar-refractivity contribution in [3.05, 3.63) is 137 Å². The Hall–Kier alpha value is -3.69. The van der Waals surface area contributed by atoms with Crippen LogP contribution in [0.2, 0.25) is 5.02 Å². The van der Waals surface area contributed by atoms with E-state index >= 15 is 0 Å². The van der Waals surface area contributed by atoms with Gasteiger partial charge < -0.3 is 0 Å². The van der Waals surface area contributed by atoms with Gasteiger partial charge in [0.05, 0.1) is 17.0 Å². The molecule has 0 radical (unpaired) electrons. The zero-order valence-corrected chi connectivity index (χ0v) is 18.4. The molecule has 2 fully saturated rings. The van der Waals surface area contributed by atoms with E-state index in [2.05, 4.69) is 0 Å². The molecule has 1 saturated heterocycles. The molecule has 1 saturated carbocycles. The number of piperidine rings is 1. The summed E-state index contributed by atoms with van der Waals surface area (Å²) in [5, 5.41) is 0.486. The van der Waals surface area contributed by atoms with Crippen LogP contribution in [0.15, 0.2) is 115 Å². The third kappa shape index (κ3) is 2.46. The number of imide groups is 1. The van der Waals surface area contributed by atoms with E-state index in [4.69, 9.17) is 11.6 Å². The molecule has 1 aliphatic heterocycles. The van der Waals surface area contributed by atoms with Crippen LogP contribution in [0.5, 0.6) is 0 Å². The second kappa shape index (κ2) is 7.16. The number of carbonyl (C=O) groups is 2. The van der Waals surface area contributed by atoms with Gasteiger partial charge >= 0.3 is 0 Å². The fourth-order valence-electron chi connectivity index (χ4n) is 5.98. The maximum atomic E-state index is 14.4. The van der Waals surface area contributed by atoms with Crippen molar-refractivity contribution in [2.24, 2.45) is 5.92 Å². The van der Waals surface area contributed by atoms with Gasteiger partial charge in [-0.3, -0.25) is 9.59 Å². The molecule has 160 valence electrons. The Bertz CT molecular complexity index is 1330. The maximum absolute atomic E-state index is 14.4. The maximum Gasteiger partial charge on any atom is 0.246 e. The molecule has 0 aromatic heterocycles. The lowest BCUT2D eigenvalue weighted by Crippen LogP contribution is -2.44. The minimum atomic E-state index is -1.03. The highest BCUT2D eigenvalue weighted by Crippen LogP contribution is 2.77. The predicted octanol–water partition coefficient (Wildman–Crippen LogP) is 5.77. The molecule has 4 aromatic rings. The molecule has 6 rings (SSSR count). The summed E-state index contributed by atoms with van der Waals surface area (Å²) in [7, 11) is 0. The number of amides is 2. The zero-order chi connectivity index (χ0) is 22.6. The highest BCUT2D eigenvalue weighted by molar-refractivity contribution is 6.33. The molecule has 2 unspecified atom stereocenters. The quantitative estimate of drug-likeness (QED) is 0.371. The minimum Gasteiger partial charge on any atom is -0.274 e. The molecule has 1 heterocycles. The smallest absolute Gasteiger partial charge is 0.246 e. The van der Waals surface area contributed by atoms with E-state index in [1.165, 1.54) is 4.90 Å². The lowest BCUT2D eigenvalue weighted by Gasteiger charge is -2.31. The molecule has 0 spiro atoms. The molecule has 2 aliphatic rings. The van der Waals surface area contributed by atoms with E-state index in [0.29, 0.717) is 10.7 Å². The molecular weight excluding hydrogens is 430 g/mol. The molecule has 0 bridgehead atoms. The SMILES string of the molecule is O=C1C2C(c3ccccc3)(C(=O)N1c1cccc(Cl)c1)C2(c1ccccc1)c1ccccc1. The predicted molar refractivity (Wildman–Crippen MR) is 129 cm³/mol. The number of hydrogen-bond acceptors (Lipinski definition) is 2. The van der Waals surface area contributed by atoms with Gasteiger partial charge in [-0.25, -0.2) is 4.90 Å². The van der Waals surface area contributed by atoms with Crippen molar-refractivity contribution in [1.82, 2.24) is 0 Å². The Morgan fingerprint density at radius 2 is 1.09 bits per heavy atom. The van der Waals surface area contributed by atoms with Gasteiger partial charge in [-0.2, -0.15) is 0 Å². The topological polar surface area (TPSA) is 37.4 Å². The van der Waals surface area contributed by atoms with E-state index in [1.54, 1.807) is 24.3 Å². The fraction of sp³-hybridized carbons (Fsp3) is 0.103. The summed E-state index contributed by atoms with van der Waals surface area (Å²) in [6.45, 7) is 0. The van der Waals surface area contributed by atoms with Crippen molar-refractivity contribution in [2.75, 3.05) is 4.90 Å². The van der Waals surface area contributed by atoms with Crippen molar-refractivity contribution in [3.63, 3.8) is 0 Å². The first kappa shape index (κ1) is 20.0. The number of halogens is 1. The Kier molecular flexibility index (Phi) is 4.33. The standard InChI is InChI=1S/C29H20ClNO2/c30-23-17-10-18-24(19-23)31-26(32)25-28(20-11-4-1-5-12-20,21-13-6-2-7-14-21)29(25,27(31)33)22-15-8-3-9-16-22/h1-19,25H. The van der Waals surface area contributed by atoms with Crippen LogP contribution in [0.3, 0.4) is 0 Å². The van der Waals surface area contributed by atoms with Gasteiger partial charge in [0, 0.05) is 5.02 Å². The third-order valence-corrected chi connectivity index (χ3v) is 7.40. The molecule has 2 amide bonds. The average molecular weight is 450 g/mol. The van der Waals surface area contributed by atoms with Gasteiger partial charge in [0.1, 0.15) is 5.41 Å². The monoisotopic (exact) mass is 449 g/mol. The van der Waals surface area contributed by atoms with Crippen molar-refractivity contribution >= 4 is 29.1 Å². The molecular formula is C29H20ClNO2. The second-order valence-electron chi connectivity index (χ2n) is 8.61. The molecule has 1 aliphatic carbocycles. The number of hydrogen-bond donors (Lipinski definition) is 0. The van der Waals surface area contributed by atoms with Crippen LogP contribution in [-0.2, 0) is 20.4 Å². The first-order chi connectivity index (χ1) is 16.1. The molecule has 33 heavy (non-hydrogen) atoms.